The molecule has 96 valence electrons. The number of hydrogen-bond donors (Lipinski definition) is 1. The molecule has 0 unspecified atom stereocenters. The van der Waals surface area contributed by atoms with Gasteiger partial charge in [0.2, 0.25) is 5.88 Å². The molecule has 0 aliphatic rings. The van der Waals surface area contributed by atoms with Crippen LogP contribution in [0.3, 0.4) is 0 Å². The van der Waals surface area contributed by atoms with Crippen LogP contribution in [0.1, 0.15) is 36.8 Å². The largest absolute Gasteiger partial charge is 0.493 e. The molecule has 4 nitrogen and oxygen atoms in total. The van der Waals surface area contributed by atoms with E-state index in [-0.39, 0.29) is 23.3 Å². The third kappa shape index (κ3) is 3.02. The van der Waals surface area contributed by atoms with E-state index in [9.17, 15) is 9.90 Å². The number of nitrogens with zero attached hydrogens (tertiary/aromatic N) is 1. The van der Waals surface area contributed by atoms with Crippen molar-refractivity contribution in [2.75, 3.05) is 0 Å². The zero-order valence-electron chi connectivity index (χ0n) is 10.7. The lowest BCUT2D eigenvalue weighted by molar-refractivity contribution is 0.392. The van der Waals surface area contributed by atoms with E-state index in [2.05, 4.69) is 16.8 Å². The van der Waals surface area contributed by atoms with E-state index < -0.39 is 5.63 Å². The van der Waals surface area contributed by atoms with E-state index in [1.165, 1.54) is 0 Å². The Kier molecular flexibility index (Phi) is 3.67. The van der Waals surface area contributed by atoms with Gasteiger partial charge in [-0.25, -0.2) is 4.79 Å². The summed E-state index contributed by atoms with van der Waals surface area (Å²) >= 11 is 0. The van der Waals surface area contributed by atoms with Gasteiger partial charge in [-0.2, -0.15) is 4.98 Å². The van der Waals surface area contributed by atoms with E-state index >= 15 is 0 Å². The molecule has 0 aliphatic heterocycles. The van der Waals surface area contributed by atoms with Crippen LogP contribution < -0.4 is 5.63 Å². The van der Waals surface area contributed by atoms with Gasteiger partial charge in [0.15, 0.2) is 0 Å². The Morgan fingerprint density at radius 1 is 1.21 bits per heavy atom. The quantitative estimate of drug-likeness (QED) is 0.794. The maximum absolute atomic E-state index is 11.7. The fourth-order valence-electron chi connectivity index (χ4n) is 1.61. The van der Waals surface area contributed by atoms with Gasteiger partial charge in [0.1, 0.15) is 5.56 Å². The van der Waals surface area contributed by atoms with Crippen molar-refractivity contribution in [3.63, 3.8) is 0 Å². The first-order valence-corrected chi connectivity index (χ1v) is 5.89. The Bertz CT molecular complexity index is 691. The van der Waals surface area contributed by atoms with E-state index in [4.69, 9.17) is 4.42 Å². The summed E-state index contributed by atoms with van der Waals surface area (Å²) in [6.07, 6.45) is 0. The molecular weight excluding hydrogens is 242 g/mol. The molecule has 0 saturated carbocycles. The SMILES string of the molecule is CC(C)c1c(O)nc(C#Cc2ccccc2)oc1=O. The fraction of sp³-hybridized carbons (Fsp3) is 0.200. The summed E-state index contributed by atoms with van der Waals surface area (Å²) in [5.41, 5.74) is 0.351. The van der Waals surface area contributed by atoms with Gasteiger partial charge in [0, 0.05) is 5.56 Å². The van der Waals surface area contributed by atoms with Crippen molar-refractivity contribution in [1.29, 1.82) is 0 Å². The van der Waals surface area contributed by atoms with Gasteiger partial charge >= 0.3 is 5.63 Å². The van der Waals surface area contributed by atoms with Crippen LogP contribution in [0, 0.1) is 11.8 Å². The number of benzene rings is 1. The minimum Gasteiger partial charge on any atom is -0.493 e. The summed E-state index contributed by atoms with van der Waals surface area (Å²) < 4.78 is 4.97. The molecule has 0 bridgehead atoms. The topological polar surface area (TPSA) is 63.3 Å². The van der Waals surface area contributed by atoms with E-state index in [0.29, 0.717) is 0 Å². The first-order chi connectivity index (χ1) is 9.08. The molecular formula is C15H13NO3. The first-order valence-electron chi connectivity index (χ1n) is 5.89. The van der Waals surface area contributed by atoms with Crippen LogP contribution >= 0.6 is 0 Å². The van der Waals surface area contributed by atoms with Crippen molar-refractivity contribution in [3.8, 4) is 17.7 Å². The minimum atomic E-state index is -0.597. The zero-order valence-corrected chi connectivity index (χ0v) is 10.7. The molecule has 2 aromatic rings. The molecule has 0 radical (unpaired) electrons. The van der Waals surface area contributed by atoms with Crippen LogP contribution in [-0.2, 0) is 0 Å². The molecule has 1 heterocycles. The number of aromatic nitrogens is 1. The maximum Gasteiger partial charge on any atom is 0.346 e. The molecule has 0 spiro atoms. The van der Waals surface area contributed by atoms with Crippen molar-refractivity contribution >= 4 is 0 Å². The summed E-state index contributed by atoms with van der Waals surface area (Å²) in [4.78, 5) is 15.5. The molecule has 1 aromatic heterocycles. The maximum atomic E-state index is 11.7. The van der Waals surface area contributed by atoms with Crippen LogP contribution in [0.5, 0.6) is 5.88 Å². The molecule has 0 fully saturated rings. The zero-order chi connectivity index (χ0) is 13.8. The Morgan fingerprint density at radius 2 is 1.89 bits per heavy atom. The predicted molar refractivity (Wildman–Crippen MR) is 70.9 cm³/mol. The van der Waals surface area contributed by atoms with E-state index in [1.54, 1.807) is 13.8 Å². The summed E-state index contributed by atoms with van der Waals surface area (Å²) in [5.74, 6) is 4.87. The average molecular weight is 255 g/mol. The molecule has 4 heteroatoms. The first kappa shape index (κ1) is 12.9. The second-order valence-corrected chi connectivity index (χ2v) is 4.31. The number of hydrogen-bond acceptors (Lipinski definition) is 4. The highest BCUT2D eigenvalue weighted by Gasteiger charge is 2.15. The minimum absolute atomic E-state index is 0.0873. The molecule has 0 saturated heterocycles. The lowest BCUT2D eigenvalue weighted by Gasteiger charge is -2.04. The van der Waals surface area contributed by atoms with E-state index in [0.717, 1.165) is 5.56 Å². The molecule has 19 heavy (non-hydrogen) atoms. The van der Waals surface area contributed by atoms with Crippen LogP contribution in [0.2, 0.25) is 0 Å². The summed E-state index contributed by atoms with van der Waals surface area (Å²) in [6.45, 7) is 3.56. The van der Waals surface area contributed by atoms with Crippen molar-refractivity contribution in [3.05, 3.63) is 57.8 Å². The highest BCUT2D eigenvalue weighted by Crippen LogP contribution is 2.18. The summed E-state index contributed by atoms with van der Waals surface area (Å²) in [5, 5.41) is 9.70. The Labute approximate surface area is 110 Å². The molecule has 0 atom stereocenters. The van der Waals surface area contributed by atoms with Gasteiger partial charge in [0.25, 0.3) is 5.89 Å². The fourth-order valence-corrected chi connectivity index (χ4v) is 1.61. The van der Waals surface area contributed by atoms with Gasteiger partial charge in [-0.3, -0.25) is 0 Å². The second kappa shape index (κ2) is 5.40. The van der Waals surface area contributed by atoms with Crippen LogP contribution in [0.25, 0.3) is 0 Å². The third-order valence-corrected chi connectivity index (χ3v) is 2.52. The van der Waals surface area contributed by atoms with Crippen LogP contribution in [0.15, 0.2) is 39.5 Å². The Hall–Kier alpha value is -2.54. The molecule has 1 aromatic carbocycles. The van der Waals surface area contributed by atoms with Crippen LogP contribution in [0.4, 0.5) is 0 Å². The summed E-state index contributed by atoms with van der Waals surface area (Å²) in [6, 6.07) is 9.24. The molecule has 1 N–H and O–H groups in total. The normalized spacial score (nSPS) is 10.1. The standard InChI is InChI=1S/C15H13NO3/c1-10(2)13-14(17)16-12(19-15(13)18)9-8-11-6-4-3-5-7-11/h3-7,10,17H,1-2H3. The van der Waals surface area contributed by atoms with Gasteiger partial charge in [0.05, 0.1) is 0 Å². The van der Waals surface area contributed by atoms with Crippen molar-refractivity contribution in [1.82, 2.24) is 4.98 Å². The monoisotopic (exact) mass is 255 g/mol. The third-order valence-electron chi connectivity index (χ3n) is 2.52. The summed E-state index contributed by atoms with van der Waals surface area (Å²) in [7, 11) is 0. The number of rotatable bonds is 1. The van der Waals surface area contributed by atoms with Crippen molar-refractivity contribution < 1.29 is 9.52 Å². The van der Waals surface area contributed by atoms with Gasteiger partial charge in [-0.15, -0.1) is 0 Å². The second-order valence-electron chi connectivity index (χ2n) is 4.31. The lowest BCUT2D eigenvalue weighted by Crippen LogP contribution is -2.11. The molecule has 0 amide bonds. The van der Waals surface area contributed by atoms with Gasteiger partial charge in [-0.1, -0.05) is 38.0 Å². The van der Waals surface area contributed by atoms with Crippen molar-refractivity contribution in [2.24, 2.45) is 0 Å². The molecule has 2 rings (SSSR count). The molecule has 0 aliphatic carbocycles. The predicted octanol–water partition coefficient (Wildman–Crippen LogP) is 2.26. The Morgan fingerprint density at radius 3 is 2.47 bits per heavy atom. The highest BCUT2D eigenvalue weighted by molar-refractivity contribution is 5.38. The van der Waals surface area contributed by atoms with Gasteiger partial charge in [-0.05, 0) is 24.0 Å². The van der Waals surface area contributed by atoms with Gasteiger partial charge < -0.3 is 9.52 Å². The van der Waals surface area contributed by atoms with Crippen molar-refractivity contribution in [2.45, 2.75) is 19.8 Å². The smallest absolute Gasteiger partial charge is 0.346 e. The Balaban J connectivity index is 2.39. The number of aromatic hydroxyl groups is 1. The average Bonchev–Trinajstić information content (AvgIpc) is 2.36. The van der Waals surface area contributed by atoms with Crippen LogP contribution in [-0.4, -0.2) is 10.1 Å². The van der Waals surface area contributed by atoms with E-state index in [1.807, 2.05) is 30.3 Å². The highest BCUT2D eigenvalue weighted by atomic mass is 16.4. The lowest BCUT2D eigenvalue weighted by atomic mass is 10.1.